The van der Waals surface area contributed by atoms with Gasteiger partial charge in [0.25, 0.3) is 0 Å². The Morgan fingerprint density at radius 2 is 1.80 bits per heavy atom. The van der Waals surface area contributed by atoms with Crippen LogP contribution < -0.4 is 0 Å². The van der Waals surface area contributed by atoms with Gasteiger partial charge in [0.05, 0.1) is 17.0 Å². The lowest BCUT2D eigenvalue weighted by atomic mass is 10.0. The van der Waals surface area contributed by atoms with Crippen LogP contribution >= 0.6 is 11.6 Å². The molecule has 0 amide bonds. The molecular weight excluding hydrogens is 284 g/mol. The summed E-state index contributed by atoms with van der Waals surface area (Å²) in [7, 11) is 0. The maximum atomic E-state index is 10.6. The van der Waals surface area contributed by atoms with Crippen LogP contribution in [-0.4, -0.2) is 32.1 Å². The van der Waals surface area contributed by atoms with E-state index in [2.05, 4.69) is 9.97 Å². The fourth-order valence-electron chi connectivity index (χ4n) is 1.47. The van der Waals surface area contributed by atoms with Crippen molar-refractivity contribution < 1.29 is 19.8 Å². The first-order chi connectivity index (χ1) is 9.47. The first kappa shape index (κ1) is 15.7. The molecule has 6 nitrogen and oxygen atoms in total. The molecule has 0 aliphatic heterocycles. The zero-order valence-electron chi connectivity index (χ0n) is 10.6. The molecule has 1 aromatic carbocycles. The average Bonchev–Trinajstić information content (AvgIpc) is 2.92. The number of aromatic amines is 1. The largest absolute Gasteiger partial charge is 0.478 e. The summed E-state index contributed by atoms with van der Waals surface area (Å²) in [4.78, 5) is 27.9. The summed E-state index contributed by atoms with van der Waals surface area (Å²) in [6.07, 6.45) is 3.43. The van der Waals surface area contributed by atoms with Gasteiger partial charge in [0, 0.05) is 12.4 Å². The molecule has 3 N–H and O–H groups in total. The average molecular weight is 297 g/mol. The van der Waals surface area contributed by atoms with Gasteiger partial charge in [0.15, 0.2) is 0 Å². The number of hydrogen-bond donors (Lipinski definition) is 3. The Hall–Kier alpha value is -2.34. The molecule has 0 aliphatic rings. The third-order valence-corrected chi connectivity index (χ3v) is 2.73. The number of aromatic nitrogens is 2. The number of nitrogens with one attached hydrogen (secondary N) is 1. The van der Waals surface area contributed by atoms with Gasteiger partial charge in [-0.15, -0.1) is 11.6 Å². The molecule has 0 saturated carbocycles. The van der Waals surface area contributed by atoms with Crippen molar-refractivity contribution in [1.29, 1.82) is 0 Å². The van der Waals surface area contributed by atoms with Crippen LogP contribution in [0.25, 0.3) is 0 Å². The fraction of sp³-hybridized carbons (Fsp3) is 0.154. The Morgan fingerprint density at radius 1 is 1.25 bits per heavy atom. The molecule has 0 saturated heterocycles. The van der Waals surface area contributed by atoms with E-state index in [4.69, 9.17) is 21.8 Å². The van der Waals surface area contributed by atoms with Crippen LogP contribution in [0.1, 0.15) is 32.1 Å². The number of nitrogens with zero attached hydrogens (tertiary/aromatic N) is 1. The molecule has 1 heterocycles. The summed E-state index contributed by atoms with van der Waals surface area (Å²) in [5, 5.41) is 17.4. The molecule has 2 aromatic rings. The number of rotatable bonds is 3. The monoisotopic (exact) mass is 296 g/mol. The van der Waals surface area contributed by atoms with Gasteiger partial charge in [-0.2, -0.15) is 0 Å². The minimum Gasteiger partial charge on any atom is -0.478 e. The van der Waals surface area contributed by atoms with Gasteiger partial charge in [0.1, 0.15) is 5.82 Å². The number of H-pyrrole nitrogens is 1. The van der Waals surface area contributed by atoms with Gasteiger partial charge in [-0.3, -0.25) is 0 Å². The number of carboxylic acids is 2. The number of alkyl halides is 1. The molecule has 0 bridgehead atoms. The highest BCUT2D eigenvalue weighted by Crippen LogP contribution is 2.13. The summed E-state index contributed by atoms with van der Waals surface area (Å²) in [6, 6.07) is 4.17. The van der Waals surface area contributed by atoms with Crippen molar-refractivity contribution in [2.45, 2.75) is 12.8 Å². The van der Waals surface area contributed by atoms with Crippen molar-refractivity contribution in [3.63, 3.8) is 0 Å². The van der Waals surface area contributed by atoms with E-state index in [9.17, 15) is 9.59 Å². The maximum absolute atomic E-state index is 10.6. The van der Waals surface area contributed by atoms with Crippen molar-refractivity contribution in [2.75, 3.05) is 0 Å². The lowest BCUT2D eigenvalue weighted by Crippen LogP contribution is -2.06. The topological polar surface area (TPSA) is 103 Å². The van der Waals surface area contributed by atoms with E-state index in [1.807, 2.05) is 0 Å². The van der Waals surface area contributed by atoms with Crippen LogP contribution in [0.4, 0.5) is 0 Å². The van der Waals surface area contributed by atoms with E-state index in [1.165, 1.54) is 25.1 Å². The second-order valence-electron chi connectivity index (χ2n) is 3.76. The summed E-state index contributed by atoms with van der Waals surface area (Å²) < 4.78 is 0. The number of benzene rings is 1. The van der Waals surface area contributed by atoms with E-state index in [0.717, 1.165) is 5.82 Å². The first-order valence-electron chi connectivity index (χ1n) is 5.57. The second-order valence-corrected chi connectivity index (χ2v) is 4.03. The van der Waals surface area contributed by atoms with Gasteiger partial charge < -0.3 is 15.2 Å². The van der Waals surface area contributed by atoms with Crippen molar-refractivity contribution >= 4 is 23.5 Å². The molecule has 20 heavy (non-hydrogen) atoms. The Kier molecular flexibility index (Phi) is 5.74. The van der Waals surface area contributed by atoms with Crippen molar-refractivity contribution in [1.82, 2.24) is 9.97 Å². The standard InChI is InChI=1S/C9H8O4.C4H5ClN2/c1-5-6(8(10)11)3-2-4-7(5)9(12)13;5-3-4-6-1-2-7-4/h2-4H,1H3,(H,10,11)(H,12,13);1-2H,3H2,(H,6,7). The summed E-state index contributed by atoms with van der Waals surface area (Å²) >= 11 is 5.37. The molecule has 0 atom stereocenters. The molecule has 0 unspecified atom stereocenters. The Balaban J connectivity index is 0.000000240. The zero-order chi connectivity index (χ0) is 15.1. The predicted molar refractivity (Wildman–Crippen MR) is 73.2 cm³/mol. The predicted octanol–water partition coefficient (Wildman–Crippen LogP) is 2.54. The lowest BCUT2D eigenvalue weighted by molar-refractivity contribution is 0.0696. The van der Waals surface area contributed by atoms with Crippen molar-refractivity contribution in [3.05, 3.63) is 53.1 Å². The maximum Gasteiger partial charge on any atom is 0.335 e. The smallest absolute Gasteiger partial charge is 0.335 e. The molecule has 1 aromatic heterocycles. The molecule has 0 aliphatic carbocycles. The first-order valence-corrected chi connectivity index (χ1v) is 6.11. The quantitative estimate of drug-likeness (QED) is 0.755. The van der Waals surface area contributed by atoms with Crippen molar-refractivity contribution in [2.24, 2.45) is 0 Å². The highest BCUT2D eigenvalue weighted by molar-refractivity contribution is 6.16. The van der Waals surface area contributed by atoms with E-state index < -0.39 is 11.9 Å². The molecular formula is C13H13ClN2O4. The van der Waals surface area contributed by atoms with Gasteiger partial charge >= 0.3 is 11.9 Å². The third-order valence-electron chi connectivity index (χ3n) is 2.48. The number of carboxylic acid groups (broad SMARTS) is 2. The van der Waals surface area contributed by atoms with Gasteiger partial charge in [0.2, 0.25) is 0 Å². The molecule has 106 valence electrons. The van der Waals surface area contributed by atoms with E-state index in [-0.39, 0.29) is 16.7 Å². The molecule has 0 spiro atoms. The van der Waals surface area contributed by atoms with Crippen LogP contribution in [0.5, 0.6) is 0 Å². The van der Waals surface area contributed by atoms with E-state index in [1.54, 1.807) is 12.4 Å². The summed E-state index contributed by atoms with van der Waals surface area (Å²) in [5.74, 6) is -0.935. The minimum absolute atomic E-state index is 0.0277. The molecule has 0 fully saturated rings. The number of carbonyl (C=O) groups is 2. The number of aromatic carboxylic acids is 2. The van der Waals surface area contributed by atoms with Crippen LogP contribution in [0, 0.1) is 6.92 Å². The van der Waals surface area contributed by atoms with Gasteiger partial charge in [-0.1, -0.05) is 6.07 Å². The SMILES string of the molecule is Cc1c(C(=O)O)cccc1C(=O)O.ClCc1ncc[nH]1. The van der Waals surface area contributed by atoms with Crippen LogP contribution in [-0.2, 0) is 5.88 Å². The highest BCUT2D eigenvalue weighted by Gasteiger charge is 2.13. The number of imidazole rings is 1. The van der Waals surface area contributed by atoms with Crippen LogP contribution in [0.15, 0.2) is 30.6 Å². The Morgan fingerprint density at radius 3 is 2.10 bits per heavy atom. The zero-order valence-corrected chi connectivity index (χ0v) is 11.4. The minimum atomic E-state index is -1.11. The number of halogens is 1. The summed E-state index contributed by atoms with van der Waals surface area (Å²) in [5.41, 5.74) is 0.335. The normalized spacial score (nSPS) is 9.50. The van der Waals surface area contributed by atoms with Crippen LogP contribution in [0.3, 0.4) is 0 Å². The second kappa shape index (κ2) is 7.30. The lowest BCUT2D eigenvalue weighted by Gasteiger charge is -2.03. The molecule has 2 rings (SSSR count). The highest BCUT2D eigenvalue weighted by atomic mass is 35.5. The van der Waals surface area contributed by atoms with Gasteiger partial charge in [-0.25, -0.2) is 14.6 Å². The number of hydrogen-bond acceptors (Lipinski definition) is 3. The van der Waals surface area contributed by atoms with Crippen molar-refractivity contribution in [3.8, 4) is 0 Å². The third kappa shape index (κ3) is 4.10. The van der Waals surface area contributed by atoms with Crippen LogP contribution in [0.2, 0.25) is 0 Å². The Labute approximate surface area is 120 Å². The molecule has 7 heteroatoms. The molecule has 0 radical (unpaired) electrons. The van der Waals surface area contributed by atoms with E-state index in [0.29, 0.717) is 5.88 Å². The summed E-state index contributed by atoms with van der Waals surface area (Å²) in [6.45, 7) is 1.48. The van der Waals surface area contributed by atoms with E-state index >= 15 is 0 Å². The fourth-order valence-corrected chi connectivity index (χ4v) is 1.62. The Bertz CT molecular complexity index is 564. The van der Waals surface area contributed by atoms with Gasteiger partial charge in [-0.05, 0) is 24.6 Å².